The van der Waals surface area contributed by atoms with Crippen LogP contribution < -0.4 is 10.5 Å². The minimum atomic E-state index is -3.65. The van der Waals surface area contributed by atoms with Crippen molar-refractivity contribution in [1.29, 1.82) is 0 Å². The third-order valence-electron chi connectivity index (χ3n) is 4.05. The van der Waals surface area contributed by atoms with Gasteiger partial charge in [-0.1, -0.05) is 6.07 Å². The van der Waals surface area contributed by atoms with E-state index in [1.807, 2.05) is 6.07 Å². The highest BCUT2D eigenvalue weighted by molar-refractivity contribution is 7.92. The Hall–Kier alpha value is -2.34. The number of rotatable bonds is 4. The number of carbonyl (C=O) groups is 1. The fourth-order valence-electron chi connectivity index (χ4n) is 2.79. The van der Waals surface area contributed by atoms with Crippen molar-refractivity contribution in [3.05, 3.63) is 59.2 Å². The predicted molar refractivity (Wildman–Crippen MR) is 88.9 cm³/mol. The smallest absolute Gasteiger partial charge is 0.261 e. The lowest BCUT2D eigenvalue weighted by atomic mass is 9.92. The van der Waals surface area contributed by atoms with Crippen molar-refractivity contribution in [2.45, 2.75) is 30.6 Å². The summed E-state index contributed by atoms with van der Waals surface area (Å²) < 4.78 is 27.5. The van der Waals surface area contributed by atoms with Crippen LogP contribution in [0.4, 0.5) is 5.69 Å². The van der Waals surface area contributed by atoms with E-state index in [1.54, 1.807) is 12.1 Å². The summed E-state index contributed by atoms with van der Waals surface area (Å²) >= 11 is 0. The summed E-state index contributed by atoms with van der Waals surface area (Å²) in [4.78, 5) is 11.3. The summed E-state index contributed by atoms with van der Waals surface area (Å²) in [6.45, 7) is 0. The van der Waals surface area contributed by atoms with Gasteiger partial charge in [0.25, 0.3) is 10.0 Å². The molecule has 0 bridgehead atoms. The first kappa shape index (κ1) is 15.6. The maximum Gasteiger partial charge on any atom is 0.261 e. The Morgan fingerprint density at radius 1 is 0.957 bits per heavy atom. The molecule has 1 amide bonds. The average molecular weight is 330 g/mol. The maximum atomic E-state index is 12.5. The first-order chi connectivity index (χ1) is 11.0. The summed E-state index contributed by atoms with van der Waals surface area (Å²) in [6, 6.07) is 11.3. The third kappa shape index (κ3) is 3.37. The van der Waals surface area contributed by atoms with Crippen molar-refractivity contribution in [1.82, 2.24) is 0 Å². The van der Waals surface area contributed by atoms with E-state index >= 15 is 0 Å². The van der Waals surface area contributed by atoms with Crippen LogP contribution in [0.2, 0.25) is 0 Å². The molecule has 0 unspecified atom stereocenters. The number of nitrogens with two attached hydrogens (primary N) is 1. The number of nitrogens with one attached hydrogen (secondary N) is 1. The lowest BCUT2D eigenvalue weighted by Crippen LogP contribution is -2.15. The number of sulfonamides is 1. The van der Waals surface area contributed by atoms with Crippen LogP contribution >= 0.6 is 0 Å². The first-order valence-electron chi connectivity index (χ1n) is 7.50. The number of anilines is 1. The molecule has 0 saturated carbocycles. The Bertz CT molecular complexity index is 843. The molecule has 2 aromatic rings. The van der Waals surface area contributed by atoms with Gasteiger partial charge in [0.2, 0.25) is 5.91 Å². The Kier molecular flexibility index (Phi) is 4.09. The zero-order valence-electron chi connectivity index (χ0n) is 12.6. The second kappa shape index (κ2) is 6.04. The Labute approximate surface area is 135 Å². The number of fused-ring (bicyclic) bond motifs is 1. The van der Waals surface area contributed by atoms with Gasteiger partial charge in [-0.25, -0.2) is 8.42 Å². The fraction of sp³-hybridized carbons (Fsp3) is 0.235. The number of hydrogen-bond donors (Lipinski definition) is 2. The van der Waals surface area contributed by atoms with Crippen molar-refractivity contribution < 1.29 is 13.2 Å². The summed E-state index contributed by atoms with van der Waals surface area (Å²) in [5.41, 5.74) is 8.25. The van der Waals surface area contributed by atoms with Gasteiger partial charge in [-0.05, 0) is 73.2 Å². The molecule has 0 saturated heterocycles. The van der Waals surface area contributed by atoms with E-state index in [9.17, 15) is 13.2 Å². The van der Waals surface area contributed by atoms with E-state index in [1.165, 1.54) is 29.8 Å². The van der Waals surface area contributed by atoms with E-state index in [4.69, 9.17) is 5.73 Å². The largest absolute Gasteiger partial charge is 0.366 e. The van der Waals surface area contributed by atoms with E-state index in [0.29, 0.717) is 11.3 Å². The van der Waals surface area contributed by atoms with Crippen LogP contribution in [0.15, 0.2) is 47.4 Å². The van der Waals surface area contributed by atoms with E-state index < -0.39 is 15.9 Å². The van der Waals surface area contributed by atoms with Gasteiger partial charge in [0, 0.05) is 11.3 Å². The van der Waals surface area contributed by atoms with Crippen molar-refractivity contribution in [3.8, 4) is 0 Å². The van der Waals surface area contributed by atoms with Crippen LogP contribution in [-0.2, 0) is 22.9 Å². The van der Waals surface area contributed by atoms with Crippen LogP contribution in [0.25, 0.3) is 0 Å². The standard InChI is InChI=1S/C17H18N2O3S/c18-17(20)13-5-8-15(9-6-13)19-23(21,22)16-10-7-12-3-1-2-4-14(12)11-16/h5-11,19H,1-4H2,(H2,18,20). The molecule has 1 aliphatic rings. The monoisotopic (exact) mass is 330 g/mol. The number of primary amides is 1. The molecule has 3 rings (SSSR count). The molecule has 120 valence electrons. The molecular formula is C17H18N2O3S. The Balaban J connectivity index is 1.85. The molecule has 3 N–H and O–H groups in total. The number of amides is 1. The van der Waals surface area contributed by atoms with Gasteiger partial charge in [0.15, 0.2) is 0 Å². The van der Waals surface area contributed by atoms with Gasteiger partial charge in [0.1, 0.15) is 0 Å². The molecule has 0 fully saturated rings. The van der Waals surface area contributed by atoms with Gasteiger partial charge in [0.05, 0.1) is 4.90 Å². The average Bonchev–Trinajstić information content (AvgIpc) is 2.54. The molecule has 2 aromatic carbocycles. The molecule has 0 aliphatic heterocycles. The number of benzene rings is 2. The minimum absolute atomic E-state index is 0.261. The summed E-state index contributed by atoms with van der Waals surface area (Å²) in [5.74, 6) is -0.547. The molecule has 0 radical (unpaired) electrons. The van der Waals surface area contributed by atoms with Crippen LogP contribution in [0, 0.1) is 0 Å². The van der Waals surface area contributed by atoms with E-state index in [0.717, 1.165) is 31.2 Å². The zero-order chi connectivity index (χ0) is 16.4. The van der Waals surface area contributed by atoms with Gasteiger partial charge in [-0.3, -0.25) is 9.52 Å². The molecule has 0 spiro atoms. The zero-order valence-corrected chi connectivity index (χ0v) is 13.4. The molecule has 0 atom stereocenters. The molecule has 5 nitrogen and oxygen atoms in total. The second-order valence-corrected chi connectivity index (χ2v) is 7.37. The van der Waals surface area contributed by atoms with Crippen molar-refractivity contribution >= 4 is 21.6 Å². The van der Waals surface area contributed by atoms with Gasteiger partial charge >= 0.3 is 0 Å². The van der Waals surface area contributed by atoms with Crippen LogP contribution in [0.3, 0.4) is 0 Å². The molecule has 0 heterocycles. The Morgan fingerprint density at radius 2 is 1.61 bits per heavy atom. The lowest BCUT2D eigenvalue weighted by molar-refractivity contribution is 0.100. The van der Waals surface area contributed by atoms with E-state index in [-0.39, 0.29) is 4.90 Å². The molecule has 1 aliphatic carbocycles. The summed E-state index contributed by atoms with van der Waals surface area (Å²) in [6.07, 6.45) is 4.19. The normalized spacial score (nSPS) is 14.1. The molecule has 0 aromatic heterocycles. The quantitative estimate of drug-likeness (QED) is 0.902. The molecular weight excluding hydrogens is 312 g/mol. The number of hydrogen-bond acceptors (Lipinski definition) is 3. The highest BCUT2D eigenvalue weighted by Gasteiger charge is 2.18. The van der Waals surface area contributed by atoms with Crippen molar-refractivity contribution in [3.63, 3.8) is 0 Å². The topological polar surface area (TPSA) is 89.3 Å². The van der Waals surface area contributed by atoms with Crippen LogP contribution in [0.5, 0.6) is 0 Å². The molecule has 6 heteroatoms. The fourth-order valence-corrected chi connectivity index (χ4v) is 3.90. The minimum Gasteiger partial charge on any atom is -0.366 e. The third-order valence-corrected chi connectivity index (χ3v) is 5.43. The lowest BCUT2D eigenvalue weighted by Gasteiger charge is -2.17. The first-order valence-corrected chi connectivity index (χ1v) is 8.98. The number of carbonyl (C=O) groups excluding carboxylic acids is 1. The van der Waals surface area contributed by atoms with Gasteiger partial charge in [-0.15, -0.1) is 0 Å². The highest BCUT2D eigenvalue weighted by atomic mass is 32.2. The summed E-state index contributed by atoms with van der Waals surface area (Å²) in [5, 5.41) is 0. The molecule has 23 heavy (non-hydrogen) atoms. The van der Waals surface area contributed by atoms with Crippen molar-refractivity contribution in [2.75, 3.05) is 4.72 Å². The Morgan fingerprint density at radius 3 is 2.26 bits per heavy atom. The van der Waals surface area contributed by atoms with E-state index in [2.05, 4.69) is 4.72 Å². The number of aryl methyl sites for hydroxylation is 2. The highest BCUT2D eigenvalue weighted by Crippen LogP contribution is 2.25. The summed E-state index contributed by atoms with van der Waals surface area (Å²) in [7, 11) is -3.65. The maximum absolute atomic E-state index is 12.5. The van der Waals surface area contributed by atoms with Gasteiger partial charge in [-0.2, -0.15) is 0 Å². The second-order valence-electron chi connectivity index (χ2n) is 5.68. The predicted octanol–water partition coefficient (Wildman–Crippen LogP) is 2.47. The van der Waals surface area contributed by atoms with Crippen LogP contribution in [0.1, 0.15) is 34.3 Å². The SMILES string of the molecule is NC(=O)c1ccc(NS(=O)(=O)c2ccc3c(c2)CCCC3)cc1. The van der Waals surface area contributed by atoms with Crippen LogP contribution in [-0.4, -0.2) is 14.3 Å². The van der Waals surface area contributed by atoms with Gasteiger partial charge < -0.3 is 5.73 Å². The van der Waals surface area contributed by atoms with Crippen molar-refractivity contribution in [2.24, 2.45) is 5.73 Å².